The number of allylic oxidation sites excluding steroid dienone is 16. The quantitative estimate of drug-likeness (QED) is 0.640. The van der Waals surface area contributed by atoms with Crippen LogP contribution in [-0.4, -0.2) is 0 Å². The lowest BCUT2D eigenvalue weighted by Crippen LogP contribution is -2.31. The van der Waals surface area contributed by atoms with Crippen molar-refractivity contribution in [3.8, 4) is 0 Å². The molecule has 0 saturated carbocycles. The molecular formula is C22H22. The van der Waals surface area contributed by atoms with Gasteiger partial charge in [0.1, 0.15) is 0 Å². The van der Waals surface area contributed by atoms with E-state index in [0.717, 1.165) is 6.42 Å². The van der Waals surface area contributed by atoms with Gasteiger partial charge in [-0.15, -0.1) is 0 Å². The van der Waals surface area contributed by atoms with Crippen molar-refractivity contribution >= 4 is 0 Å². The second kappa shape index (κ2) is 5.96. The van der Waals surface area contributed by atoms with Crippen molar-refractivity contribution in [2.75, 3.05) is 0 Å². The standard InChI is InChI=1S/C22H22/c1-2-10-17(9-1)21(18-11-3-4-12-18)22(19-13-5-6-14-19)20-15-7-8-16-20/h1-7,9-19,21-22H,8H2. The van der Waals surface area contributed by atoms with E-state index >= 15 is 0 Å². The van der Waals surface area contributed by atoms with Gasteiger partial charge in [-0.1, -0.05) is 91.1 Å². The van der Waals surface area contributed by atoms with E-state index in [-0.39, 0.29) is 0 Å². The van der Waals surface area contributed by atoms with Crippen LogP contribution in [0.3, 0.4) is 0 Å². The van der Waals surface area contributed by atoms with Crippen LogP contribution in [0.2, 0.25) is 0 Å². The van der Waals surface area contributed by atoms with Gasteiger partial charge in [0, 0.05) is 5.92 Å². The van der Waals surface area contributed by atoms with E-state index in [1.807, 2.05) is 0 Å². The molecule has 4 aliphatic carbocycles. The maximum atomic E-state index is 2.42. The van der Waals surface area contributed by atoms with Gasteiger partial charge in [0.25, 0.3) is 0 Å². The molecule has 1 atom stereocenters. The summed E-state index contributed by atoms with van der Waals surface area (Å²) in [6.45, 7) is 0. The normalized spacial score (nSPS) is 24.7. The molecular weight excluding hydrogens is 264 g/mol. The molecule has 0 saturated heterocycles. The molecule has 4 rings (SSSR count). The monoisotopic (exact) mass is 286 g/mol. The lowest BCUT2D eigenvalue weighted by atomic mass is 9.66. The minimum atomic E-state index is 0.517. The first-order valence-electron chi connectivity index (χ1n) is 8.35. The van der Waals surface area contributed by atoms with Crippen molar-refractivity contribution in [3.05, 3.63) is 96.7 Å². The summed E-state index contributed by atoms with van der Waals surface area (Å²) >= 11 is 0. The smallest absolute Gasteiger partial charge is 0.00247 e. The van der Waals surface area contributed by atoms with E-state index in [4.69, 9.17) is 0 Å². The Labute approximate surface area is 133 Å². The van der Waals surface area contributed by atoms with E-state index in [1.165, 1.54) is 5.57 Å². The van der Waals surface area contributed by atoms with Crippen LogP contribution in [0.4, 0.5) is 0 Å². The highest BCUT2D eigenvalue weighted by atomic mass is 14.4. The maximum absolute atomic E-state index is 2.42. The van der Waals surface area contributed by atoms with Crippen molar-refractivity contribution < 1.29 is 0 Å². The highest BCUT2D eigenvalue weighted by Crippen LogP contribution is 2.45. The third kappa shape index (κ3) is 2.43. The Bertz CT molecular complexity index is 596. The van der Waals surface area contributed by atoms with E-state index in [2.05, 4.69) is 91.1 Å². The van der Waals surface area contributed by atoms with Crippen molar-refractivity contribution in [2.24, 2.45) is 29.6 Å². The molecule has 0 nitrogen and oxygen atoms in total. The number of rotatable bonds is 5. The van der Waals surface area contributed by atoms with Crippen LogP contribution in [0, 0.1) is 29.6 Å². The molecule has 0 amide bonds. The molecule has 22 heavy (non-hydrogen) atoms. The van der Waals surface area contributed by atoms with Gasteiger partial charge in [0.2, 0.25) is 0 Å². The first kappa shape index (κ1) is 13.6. The first-order valence-corrected chi connectivity index (χ1v) is 8.35. The fourth-order valence-electron chi connectivity index (χ4n) is 4.26. The highest BCUT2D eigenvalue weighted by molar-refractivity contribution is 5.37. The summed E-state index contributed by atoms with van der Waals surface area (Å²) in [5, 5.41) is 0. The maximum Gasteiger partial charge on any atom is 0.00247 e. The highest BCUT2D eigenvalue weighted by Gasteiger charge is 2.38. The van der Waals surface area contributed by atoms with Crippen molar-refractivity contribution in [1.82, 2.24) is 0 Å². The summed E-state index contributed by atoms with van der Waals surface area (Å²) < 4.78 is 0. The van der Waals surface area contributed by atoms with Gasteiger partial charge in [0.05, 0.1) is 0 Å². The van der Waals surface area contributed by atoms with Crippen LogP contribution in [0.25, 0.3) is 0 Å². The molecule has 0 aromatic rings. The average Bonchev–Trinajstić information content (AvgIpc) is 3.35. The Balaban J connectivity index is 1.74. The summed E-state index contributed by atoms with van der Waals surface area (Å²) in [6.07, 6.45) is 35.6. The van der Waals surface area contributed by atoms with Crippen LogP contribution < -0.4 is 0 Å². The predicted octanol–water partition coefficient (Wildman–Crippen LogP) is 5.33. The molecule has 0 fully saturated rings. The first-order chi connectivity index (χ1) is 10.9. The van der Waals surface area contributed by atoms with Crippen LogP contribution in [0.5, 0.6) is 0 Å². The van der Waals surface area contributed by atoms with E-state index < -0.39 is 0 Å². The molecule has 0 heterocycles. The average molecular weight is 286 g/mol. The van der Waals surface area contributed by atoms with Crippen LogP contribution in [0.15, 0.2) is 96.7 Å². The summed E-state index contributed by atoms with van der Waals surface area (Å²) in [5.74, 6) is 2.70. The topological polar surface area (TPSA) is 0 Å². The molecule has 110 valence electrons. The van der Waals surface area contributed by atoms with E-state index in [1.54, 1.807) is 0 Å². The van der Waals surface area contributed by atoms with E-state index in [0.29, 0.717) is 29.6 Å². The van der Waals surface area contributed by atoms with Crippen molar-refractivity contribution in [3.63, 3.8) is 0 Å². The summed E-state index contributed by atoms with van der Waals surface area (Å²) in [5.41, 5.74) is 1.52. The molecule has 1 unspecified atom stereocenters. The lowest BCUT2D eigenvalue weighted by Gasteiger charge is -2.37. The van der Waals surface area contributed by atoms with Gasteiger partial charge in [-0.05, 0) is 35.7 Å². The second-order valence-corrected chi connectivity index (χ2v) is 6.49. The van der Waals surface area contributed by atoms with Crippen molar-refractivity contribution in [1.29, 1.82) is 0 Å². The number of hydrogen-bond donors (Lipinski definition) is 0. The minimum Gasteiger partial charge on any atom is -0.0805 e. The summed E-state index contributed by atoms with van der Waals surface area (Å²) in [4.78, 5) is 0. The van der Waals surface area contributed by atoms with Gasteiger partial charge in [0.15, 0.2) is 0 Å². The van der Waals surface area contributed by atoms with Gasteiger partial charge in [-0.25, -0.2) is 0 Å². The largest absolute Gasteiger partial charge is 0.0805 e. The fourth-order valence-corrected chi connectivity index (χ4v) is 4.26. The number of hydrogen-bond acceptors (Lipinski definition) is 0. The predicted molar refractivity (Wildman–Crippen MR) is 94.1 cm³/mol. The van der Waals surface area contributed by atoms with Crippen LogP contribution in [0.1, 0.15) is 6.42 Å². The van der Waals surface area contributed by atoms with E-state index in [9.17, 15) is 0 Å². The molecule has 0 spiro atoms. The molecule has 0 aromatic heterocycles. The molecule has 0 N–H and O–H groups in total. The summed E-state index contributed by atoms with van der Waals surface area (Å²) in [6, 6.07) is 0. The Morgan fingerprint density at radius 2 is 1.18 bits per heavy atom. The SMILES string of the molecule is C1=CC(C(C2=CCC=C2)C(C2C=CC=C2)C2C=CC=C2)C=C1. The van der Waals surface area contributed by atoms with Gasteiger partial charge >= 0.3 is 0 Å². The molecule has 0 radical (unpaired) electrons. The molecule has 0 heteroatoms. The second-order valence-electron chi connectivity index (χ2n) is 6.49. The third-order valence-corrected chi connectivity index (χ3v) is 5.24. The minimum absolute atomic E-state index is 0.517. The molecule has 0 aromatic carbocycles. The van der Waals surface area contributed by atoms with Crippen LogP contribution in [-0.2, 0) is 0 Å². The van der Waals surface area contributed by atoms with Crippen LogP contribution >= 0.6 is 0 Å². The Kier molecular flexibility index (Phi) is 3.68. The van der Waals surface area contributed by atoms with Gasteiger partial charge in [-0.3, -0.25) is 0 Å². The Hall–Kier alpha value is -2.08. The van der Waals surface area contributed by atoms with Crippen molar-refractivity contribution in [2.45, 2.75) is 6.42 Å². The lowest BCUT2D eigenvalue weighted by molar-refractivity contribution is 0.264. The molecule has 0 aliphatic heterocycles. The Morgan fingerprint density at radius 3 is 1.64 bits per heavy atom. The summed E-state index contributed by atoms with van der Waals surface area (Å²) in [7, 11) is 0. The third-order valence-electron chi connectivity index (χ3n) is 5.24. The van der Waals surface area contributed by atoms with Gasteiger partial charge < -0.3 is 0 Å². The Morgan fingerprint density at radius 1 is 0.682 bits per heavy atom. The zero-order chi connectivity index (χ0) is 14.8. The zero-order valence-corrected chi connectivity index (χ0v) is 12.8. The molecule has 0 bridgehead atoms. The molecule has 4 aliphatic rings. The fraction of sp³-hybridized carbons (Fsp3) is 0.273. The van der Waals surface area contributed by atoms with Gasteiger partial charge in [-0.2, -0.15) is 0 Å². The zero-order valence-electron chi connectivity index (χ0n) is 12.8.